The summed E-state index contributed by atoms with van der Waals surface area (Å²) in [6.45, 7) is -0.675. The number of methoxy groups -OCH3 is 1. The molecule has 4 heteroatoms. The molecule has 1 aromatic rings. The van der Waals surface area contributed by atoms with Gasteiger partial charge in [-0.2, -0.15) is 0 Å². The van der Waals surface area contributed by atoms with Gasteiger partial charge in [0.15, 0.2) is 5.78 Å². The van der Waals surface area contributed by atoms with Crippen molar-refractivity contribution in [2.75, 3.05) is 13.7 Å². The number of aromatic nitrogens is 1. The predicted octanol–water partition coefficient (Wildman–Crippen LogP) is 5.09. The molecule has 0 saturated heterocycles. The van der Waals surface area contributed by atoms with E-state index in [0.717, 1.165) is 25.3 Å². The first-order valence-electron chi connectivity index (χ1n) is 15.9. The van der Waals surface area contributed by atoms with Gasteiger partial charge in [0.25, 0.3) is 0 Å². The van der Waals surface area contributed by atoms with Crippen LogP contribution in [0.4, 0.5) is 0 Å². The topological polar surface area (TPSA) is 51.5 Å². The highest BCUT2D eigenvalue weighted by Crippen LogP contribution is 2.68. The third kappa shape index (κ3) is 3.44. The molecule has 8 atom stereocenters. The predicted molar refractivity (Wildman–Crippen MR) is 121 cm³/mol. The number of carbonyl (C=O) groups is 1. The van der Waals surface area contributed by atoms with Crippen LogP contribution < -0.4 is 0 Å². The van der Waals surface area contributed by atoms with E-state index in [1.54, 1.807) is 0 Å². The van der Waals surface area contributed by atoms with Crippen LogP contribution in [0.5, 0.6) is 0 Å². The van der Waals surface area contributed by atoms with Crippen molar-refractivity contribution in [1.29, 1.82) is 0 Å². The van der Waals surface area contributed by atoms with Crippen LogP contribution in [-0.2, 0) is 16.0 Å². The highest BCUT2D eigenvalue weighted by Gasteiger charge is 2.62. The number of hydrogen-bond acceptors (Lipinski definition) is 3. The van der Waals surface area contributed by atoms with Crippen molar-refractivity contribution in [3.63, 3.8) is 0 Å². The number of hydrogen-bond donors (Lipinski definition) is 1. The molecule has 5 rings (SSSR count). The molecular formula is C27H41NO3. The van der Waals surface area contributed by atoms with E-state index in [1.165, 1.54) is 7.11 Å². The van der Waals surface area contributed by atoms with Crippen LogP contribution in [0.25, 0.3) is 0 Å². The zero-order valence-electron chi connectivity index (χ0n) is 27.0. The van der Waals surface area contributed by atoms with Crippen LogP contribution in [0.15, 0.2) is 24.5 Å². The molecule has 0 aromatic carbocycles. The van der Waals surface area contributed by atoms with Crippen LogP contribution in [0.2, 0.25) is 0 Å². The first-order chi connectivity index (χ1) is 17.9. The summed E-state index contributed by atoms with van der Waals surface area (Å²) in [5, 5.41) is 11.2. The number of ketones is 1. The summed E-state index contributed by atoms with van der Waals surface area (Å²) in [7, 11) is 1.29. The molecule has 0 amide bonds. The van der Waals surface area contributed by atoms with Gasteiger partial charge in [0.2, 0.25) is 0 Å². The average Bonchev–Trinajstić information content (AvgIpc) is 3.30. The maximum Gasteiger partial charge on any atom is 0.156 e. The number of carbonyl (C=O) groups excluding carboxylic acids is 1. The van der Waals surface area contributed by atoms with Crippen molar-refractivity contribution >= 4 is 5.78 Å². The van der Waals surface area contributed by atoms with E-state index in [0.29, 0.717) is 42.6 Å². The molecule has 4 aliphatic rings. The highest BCUT2D eigenvalue weighted by atomic mass is 16.5. The van der Waals surface area contributed by atoms with E-state index in [4.69, 9.17) is 14.3 Å². The fraction of sp³-hybridized carbons (Fsp3) is 0.815. The molecular weight excluding hydrogens is 386 g/mol. The Morgan fingerprint density at radius 3 is 2.71 bits per heavy atom. The average molecular weight is 436 g/mol. The van der Waals surface area contributed by atoms with E-state index in [1.807, 2.05) is 6.92 Å². The number of fused-ring (bicyclic) bond motifs is 5. The Labute approximate surface area is 199 Å². The van der Waals surface area contributed by atoms with Crippen molar-refractivity contribution in [3.05, 3.63) is 24.5 Å². The zero-order valence-corrected chi connectivity index (χ0v) is 19.0. The lowest BCUT2D eigenvalue weighted by molar-refractivity contribution is -0.164. The summed E-state index contributed by atoms with van der Waals surface area (Å²) in [6, 6.07) is 0.728. The Balaban J connectivity index is 1.42. The quantitative estimate of drug-likeness (QED) is 0.700. The van der Waals surface area contributed by atoms with Crippen molar-refractivity contribution in [3.8, 4) is 0 Å². The zero-order chi connectivity index (χ0) is 29.0. The molecule has 1 heterocycles. The van der Waals surface area contributed by atoms with Crippen molar-refractivity contribution < 1.29 is 25.6 Å². The second-order valence-corrected chi connectivity index (χ2v) is 11.0. The molecule has 4 aliphatic carbocycles. The first-order valence-corrected chi connectivity index (χ1v) is 11.9. The maximum atomic E-state index is 13.9. The van der Waals surface area contributed by atoms with Gasteiger partial charge in [-0.1, -0.05) is 13.8 Å². The molecule has 0 aliphatic heterocycles. The lowest BCUT2D eigenvalue weighted by Crippen LogP contribution is -2.56. The smallest absolute Gasteiger partial charge is 0.156 e. The summed E-state index contributed by atoms with van der Waals surface area (Å²) in [4.78, 5) is 13.9. The van der Waals surface area contributed by atoms with Crippen LogP contribution in [-0.4, -0.2) is 34.7 Å². The van der Waals surface area contributed by atoms with Crippen molar-refractivity contribution in [2.24, 2.45) is 40.4 Å². The van der Waals surface area contributed by atoms with Crippen molar-refractivity contribution in [2.45, 2.75) is 83.7 Å². The van der Waals surface area contributed by atoms with Crippen LogP contribution in [0, 0.1) is 40.4 Å². The second kappa shape index (κ2) is 7.73. The normalized spacial score (nSPS) is 53.8. The maximum absolute atomic E-state index is 13.9. The summed E-state index contributed by atoms with van der Waals surface area (Å²) in [5.74, 6) is -1.87. The van der Waals surface area contributed by atoms with Gasteiger partial charge in [-0.05, 0) is 104 Å². The second-order valence-electron chi connectivity index (χ2n) is 11.0. The summed E-state index contributed by atoms with van der Waals surface area (Å²) < 4.78 is 73.0. The number of ether oxygens (including phenoxy) is 1. The number of Topliss-reactive ketones (excluding diaryl/α,β-unsaturated/α-hetero) is 1. The van der Waals surface area contributed by atoms with E-state index >= 15 is 0 Å². The Kier molecular flexibility index (Phi) is 3.54. The first kappa shape index (κ1) is 14.2. The number of aliphatic hydroxyl groups is 1. The summed E-state index contributed by atoms with van der Waals surface area (Å²) in [5.41, 5.74) is -2.39. The fourth-order valence-corrected chi connectivity index (χ4v) is 8.17. The van der Waals surface area contributed by atoms with E-state index in [-0.39, 0.29) is 35.6 Å². The lowest BCUT2D eigenvalue weighted by atomic mass is 9.44. The Morgan fingerprint density at radius 2 is 1.97 bits per heavy atom. The molecule has 0 spiro atoms. The molecule has 4 saturated carbocycles. The standard InChI is InChI=1S/C27H41NO3/c1-25-12-13-27(30,18-31-3)16-19(25)6-7-20-21-8-9-23(26(21,2)11-10-22(20)25)24(29)17-28-14-4-5-15-28/h4-5,14-15,19-23,30H,6-13,16-18H2,1-3H3/t19-,20-,21-,22-,23+,25-,26-,27+/m0/s1/i4D,14D,15D,17D2,18D2,23D. The van der Waals surface area contributed by atoms with Crippen molar-refractivity contribution in [1.82, 2.24) is 4.57 Å². The highest BCUT2D eigenvalue weighted by molar-refractivity contribution is 5.82. The van der Waals surface area contributed by atoms with E-state index in [9.17, 15) is 11.3 Å². The fourth-order valence-electron chi connectivity index (χ4n) is 8.17. The lowest BCUT2D eigenvalue weighted by Gasteiger charge is -2.62. The minimum Gasteiger partial charge on any atom is -0.387 e. The molecule has 0 bridgehead atoms. The Morgan fingerprint density at radius 1 is 1.16 bits per heavy atom. The summed E-state index contributed by atoms with van der Waals surface area (Å²) in [6.07, 6.45) is 4.30. The number of nitrogens with zero attached hydrogens (tertiary/aromatic N) is 1. The van der Waals surface area contributed by atoms with Crippen LogP contribution >= 0.6 is 0 Å². The molecule has 31 heavy (non-hydrogen) atoms. The molecule has 0 unspecified atom stereocenters. The summed E-state index contributed by atoms with van der Waals surface area (Å²) >= 11 is 0. The minimum absolute atomic E-state index is 0.0554. The minimum atomic E-state index is -2.78. The molecule has 4 nitrogen and oxygen atoms in total. The number of rotatable bonds is 5. The third-order valence-corrected chi connectivity index (χ3v) is 9.73. The van der Waals surface area contributed by atoms with Crippen LogP contribution in [0.3, 0.4) is 0 Å². The monoisotopic (exact) mass is 435 g/mol. The largest absolute Gasteiger partial charge is 0.387 e. The van der Waals surface area contributed by atoms with Gasteiger partial charge in [-0.3, -0.25) is 4.79 Å². The van der Waals surface area contributed by atoms with Gasteiger partial charge in [0.1, 0.15) is 0 Å². The molecule has 4 fully saturated rings. The van der Waals surface area contributed by atoms with E-state index < -0.39 is 48.1 Å². The van der Waals surface area contributed by atoms with Gasteiger partial charge in [-0.25, -0.2) is 0 Å². The molecule has 0 radical (unpaired) electrons. The molecule has 172 valence electrons. The van der Waals surface area contributed by atoms with Crippen LogP contribution in [0.1, 0.15) is 82.6 Å². The SMILES string of the molecule is [2H]c1cc([2H])n(C([2H])([2H])C(=O)[C@@]2([2H])CC[C@H]3[C@@H]4CC[C@H]5C[C@@](O)(C([2H])([2H])OC)CC[C@]5(C)[C@H]4CC[C@@]32C)c1[2H]. The van der Waals surface area contributed by atoms with Gasteiger partial charge in [0.05, 0.1) is 28.3 Å². The van der Waals surface area contributed by atoms with Gasteiger partial charge in [0, 0.05) is 26.7 Å². The van der Waals surface area contributed by atoms with Gasteiger partial charge >= 0.3 is 0 Å². The molecule has 1 aromatic heterocycles. The Hall–Kier alpha value is -1.13. The Bertz CT molecular complexity index is 1170. The van der Waals surface area contributed by atoms with E-state index in [2.05, 4.69) is 6.92 Å². The van der Waals surface area contributed by atoms with Gasteiger partial charge < -0.3 is 14.4 Å². The molecule has 1 N–H and O–H groups in total. The third-order valence-electron chi connectivity index (χ3n) is 9.73. The van der Waals surface area contributed by atoms with Gasteiger partial charge in [-0.15, -0.1) is 0 Å².